The molecule has 3 aromatic heterocycles. The molecule has 0 saturated heterocycles. The summed E-state index contributed by atoms with van der Waals surface area (Å²) in [5.41, 5.74) is 2.09. The van der Waals surface area contributed by atoms with Crippen molar-refractivity contribution in [2.45, 2.75) is 32.1 Å². The number of H-pyrrole nitrogens is 2. The summed E-state index contributed by atoms with van der Waals surface area (Å²) < 4.78 is 2.39. The number of rotatable bonds is 3. The van der Waals surface area contributed by atoms with E-state index in [0.717, 1.165) is 41.0 Å². The molecule has 6 nitrogen and oxygen atoms in total. The first-order chi connectivity index (χ1) is 13.2. The fourth-order valence-corrected chi connectivity index (χ4v) is 5.27. The smallest absolute Gasteiger partial charge is 0.259 e. The number of nitrogens with one attached hydrogen (secondary N) is 2. The molecule has 0 saturated carbocycles. The first kappa shape index (κ1) is 16.6. The van der Waals surface area contributed by atoms with Crippen LogP contribution in [0, 0.1) is 4.77 Å². The second-order valence-corrected chi connectivity index (χ2v) is 8.17. The average molecular weight is 396 g/mol. The summed E-state index contributed by atoms with van der Waals surface area (Å²) in [4.78, 5) is 22.6. The van der Waals surface area contributed by atoms with E-state index in [1.165, 1.54) is 16.9 Å². The minimum absolute atomic E-state index is 0.0465. The Hall–Kier alpha value is -2.58. The van der Waals surface area contributed by atoms with Crippen LogP contribution in [0.15, 0.2) is 35.1 Å². The van der Waals surface area contributed by atoms with E-state index in [0.29, 0.717) is 17.0 Å². The SMILES string of the molecule is O=c1[nH]c(Cc2n[nH]c(=S)n2-c2ccccc2)nc2sc3c(c12)CCCC3. The van der Waals surface area contributed by atoms with Crippen LogP contribution >= 0.6 is 23.6 Å². The van der Waals surface area contributed by atoms with E-state index >= 15 is 0 Å². The second-order valence-electron chi connectivity index (χ2n) is 6.70. The van der Waals surface area contributed by atoms with Gasteiger partial charge in [-0.25, -0.2) is 4.98 Å². The molecule has 0 spiro atoms. The van der Waals surface area contributed by atoms with Crippen molar-refractivity contribution in [3.8, 4) is 5.69 Å². The molecule has 0 unspecified atom stereocenters. The van der Waals surface area contributed by atoms with Gasteiger partial charge in [-0.2, -0.15) is 5.10 Å². The maximum Gasteiger partial charge on any atom is 0.259 e. The van der Waals surface area contributed by atoms with Gasteiger partial charge in [-0.05, 0) is 55.6 Å². The van der Waals surface area contributed by atoms with Crippen molar-refractivity contribution in [2.24, 2.45) is 0 Å². The third-order valence-electron chi connectivity index (χ3n) is 4.96. The predicted octanol–water partition coefficient (Wildman–Crippen LogP) is 3.70. The molecule has 1 aromatic carbocycles. The molecule has 2 N–H and O–H groups in total. The summed E-state index contributed by atoms with van der Waals surface area (Å²) in [5, 5.41) is 7.97. The van der Waals surface area contributed by atoms with Crippen molar-refractivity contribution in [3.63, 3.8) is 0 Å². The summed E-state index contributed by atoms with van der Waals surface area (Å²) in [7, 11) is 0. The Morgan fingerprint density at radius 2 is 2.00 bits per heavy atom. The van der Waals surface area contributed by atoms with Crippen molar-refractivity contribution in [2.75, 3.05) is 0 Å². The van der Waals surface area contributed by atoms with Crippen LogP contribution in [0.5, 0.6) is 0 Å². The van der Waals surface area contributed by atoms with Crippen LogP contribution in [0.2, 0.25) is 0 Å². The number of nitrogens with zero attached hydrogens (tertiary/aromatic N) is 3. The normalized spacial score (nSPS) is 13.8. The van der Waals surface area contributed by atoms with Crippen LogP contribution in [0.4, 0.5) is 0 Å². The topological polar surface area (TPSA) is 79.4 Å². The van der Waals surface area contributed by atoms with Gasteiger partial charge in [0, 0.05) is 10.6 Å². The zero-order chi connectivity index (χ0) is 18.4. The van der Waals surface area contributed by atoms with Crippen LogP contribution < -0.4 is 5.56 Å². The Labute approximate surface area is 163 Å². The highest BCUT2D eigenvalue weighted by Crippen LogP contribution is 2.33. The highest BCUT2D eigenvalue weighted by atomic mass is 32.1. The molecule has 136 valence electrons. The minimum atomic E-state index is -0.0465. The van der Waals surface area contributed by atoms with Crippen LogP contribution in [-0.4, -0.2) is 24.7 Å². The summed E-state index contributed by atoms with van der Waals surface area (Å²) >= 11 is 7.04. The zero-order valence-electron chi connectivity index (χ0n) is 14.5. The molecule has 1 aliphatic carbocycles. The van der Waals surface area contributed by atoms with Crippen molar-refractivity contribution in [1.29, 1.82) is 0 Å². The molecule has 1 aliphatic rings. The van der Waals surface area contributed by atoms with E-state index in [2.05, 4.69) is 15.2 Å². The highest BCUT2D eigenvalue weighted by molar-refractivity contribution is 7.71. The lowest BCUT2D eigenvalue weighted by molar-refractivity contribution is 0.700. The standard InChI is InChI=1S/C19H17N5OS2/c25-17-16-12-8-4-5-9-13(12)27-18(16)21-14(20-17)10-15-22-23-19(26)24(15)11-6-2-1-3-7-11/h1-3,6-7H,4-5,8-10H2,(H,23,26)(H,20,21,25). The number of aromatic nitrogens is 5. The Kier molecular flexibility index (Phi) is 4.02. The number of para-hydroxylation sites is 1. The van der Waals surface area contributed by atoms with Gasteiger partial charge in [0.2, 0.25) is 0 Å². The van der Waals surface area contributed by atoms with Gasteiger partial charge in [-0.15, -0.1) is 11.3 Å². The molecule has 0 aliphatic heterocycles. The number of thiophene rings is 1. The Bertz CT molecular complexity index is 1250. The molecule has 4 aromatic rings. The van der Waals surface area contributed by atoms with Gasteiger partial charge in [-0.3, -0.25) is 14.5 Å². The molecular weight excluding hydrogens is 378 g/mol. The van der Waals surface area contributed by atoms with Gasteiger partial charge in [-0.1, -0.05) is 18.2 Å². The van der Waals surface area contributed by atoms with Crippen LogP contribution in [-0.2, 0) is 19.3 Å². The van der Waals surface area contributed by atoms with Crippen molar-refractivity contribution in [1.82, 2.24) is 24.7 Å². The van der Waals surface area contributed by atoms with E-state index < -0.39 is 0 Å². The molecule has 27 heavy (non-hydrogen) atoms. The number of fused-ring (bicyclic) bond motifs is 3. The zero-order valence-corrected chi connectivity index (χ0v) is 16.1. The summed E-state index contributed by atoms with van der Waals surface area (Å²) in [6.45, 7) is 0. The lowest BCUT2D eigenvalue weighted by Gasteiger charge is -2.09. The molecule has 0 fully saturated rings. The number of hydrogen-bond donors (Lipinski definition) is 2. The van der Waals surface area contributed by atoms with Crippen LogP contribution in [0.1, 0.15) is 34.9 Å². The quantitative estimate of drug-likeness (QED) is 0.519. The van der Waals surface area contributed by atoms with Gasteiger partial charge >= 0.3 is 0 Å². The van der Waals surface area contributed by atoms with E-state index in [4.69, 9.17) is 17.2 Å². The fourth-order valence-electron chi connectivity index (χ4n) is 3.73. The lowest BCUT2D eigenvalue weighted by Crippen LogP contribution is -2.14. The summed E-state index contributed by atoms with van der Waals surface area (Å²) in [6, 6.07) is 9.81. The number of benzene rings is 1. The molecule has 0 bridgehead atoms. The third-order valence-corrected chi connectivity index (χ3v) is 6.42. The second kappa shape index (κ2) is 6.54. The van der Waals surface area contributed by atoms with Gasteiger partial charge in [0.15, 0.2) is 4.77 Å². The van der Waals surface area contributed by atoms with Crippen molar-refractivity contribution < 1.29 is 0 Å². The molecule has 0 atom stereocenters. The molecule has 8 heteroatoms. The van der Waals surface area contributed by atoms with Gasteiger partial charge in [0.25, 0.3) is 5.56 Å². The van der Waals surface area contributed by atoms with E-state index in [9.17, 15) is 4.79 Å². The largest absolute Gasteiger partial charge is 0.310 e. The minimum Gasteiger partial charge on any atom is -0.310 e. The predicted molar refractivity (Wildman–Crippen MR) is 108 cm³/mol. The first-order valence-electron chi connectivity index (χ1n) is 8.96. The van der Waals surface area contributed by atoms with Crippen molar-refractivity contribution in [3.05, 3.63) is 67.5 Å². The highest BCUT2D eigenvalue weighted by Gasteiger charge is 2.20. The van der Waals surface area contributed by atoms with Crippen LogP contribution in [0.25, 0.3) is 15.9 Å². The summed E-state index contributed by atoms with van der Waals surface area (Å²) in [5.74, 6) is 1.33. The van der Waals surface area contributed by atoms with Gasteiger partial charge in [0.05, 0.1) is 11.8 Å². The fraction of sp³-hybridized carbons (Fsp3) is 0.263. The maximum absolute atomic E-state index is 12.7. The van der Waals surface area contributed by atoms with E-state index in [-0.39, 0.29) is 5.56 Å². The Balaban J connectivity index is 1.59. The number of hydrogen-bond acceptors (Lipinski definition) is 5. The molecule has 3 heterocycles. The molecule has 0 amide bonds. The lowest BCUT2D eigenvalue weighted by atomic mass is 9.97. The van der Waals surface area contributed by atoms with Crippen molar-refractivity contribution >= 4 is 33.8 Å². The maximum atomic E-state index is 12.7. The van der Waals surface area contributed by atoms with E-state index in [1.54, 1.807) is 11.3 Å². The third kappa shape index (κ3) is 2.85. The van der Waals surface area contributed by atoms with Gasteiger partial charge < -0.3 is 4.98 Å². The summed E-state index contributed by atoms with van der Waals surface area (Å²) in [6.07, 6.45) is 4.77. The number of aromatic amines is 2. The van der Waals surface area contributed by atoms with E-state index in [1.807, 2.05) is 34.9 Å². The molecule has 0 radical (unpaired) electrons. The first-order valence-corrected chi connectivity index (χ1v) is 10.2. The monoisotopic (exact) mass is 395 g/mol. The molecular formula is C19H17N5OS2. The Morgan fingerprint density at radius 1 is 1.19 bits per heavy atom. The Morgan fingerprint density at radius 3 is 2.85 bits per heavy atom. The van der Waals surface area contributed by atoms with Gasteiger partial charge in [0.1, 0.15) is 16.5 Å². The van der Waals surface area contributed by atoms with Crippen LogP contribution in [0.3, 0.4) is 0 Å². The average Bonchev–Trinajstić information content (AvgIpc) is 3.22. The molecule has 5 rings (SSSR count). The number of aryl methyl sites for hydroxylation is 2.